The Kier molecular flexibility index (Phi) is 2.70. The number of fused-ring (bicyclic) bond motifs is 1. The van der Waals surface area contributed by atoms with E-state index in [1.165, 1.54) is 47.0 Å². The molecule has 2 aromatic carbocycles. The molecule has 1 heteroatoms. The highest BCUT2D eigenvalue weighted by Crippen LogP contribution is 2.50. The van der Waals surface area contributed by atoms with Gasteiger partial charge in [-0.2, -0.15) is 4.57 Å². The molecule has 0 amide bonds. The van der Waals surface area contributed by atoms with Crippen molar-refractivity contribution in [1.82, 2.24) is 0 Å². The molecule has 23 heavy (non-hydrogen) atoms. The first-order valence-electron chi connectivity index (χ1n) is 8.72. The summed E-state index contributed by atoms with van der Waals surface area (Å²) in [5.74, 6) is 1.80. The number of pyridine rings is 1. The minimum Gasteiger partial charge on any atom is -0.194 e. The van der Waals surface area contributed by atoms with E-state index < -0.39 is 0 Å². The number of benzene rings is 2. The van der Waals surface area contributed by atoms with Crippen molar-refractivity contribution in [3.05, 3.63) is 65.2 Å². The zero-order valence-corrected chi connectivity index (χ0v) is 13.8. The lowest BCUT2D eigenvalue weighted by Gasteiger charge is -2.43. The molecule has 6 rings (SSSR count). The van der Waals surface area contributed by atoms with E-state index in [9.17, 15) is 0 Å². The van der Waals surface area contributed by atoms with Crippen molar-refractivity contribution in [3.8, 4) is 11.3 Å². The molecule has 0 atom stereocenters. The summed E-state index contributed by atoms with van der Waals surface area (Å²) in [5.41, 5.74) is 8.68. The molecule has 3 aliphatic rings. The molecule has 1 heterocycles. The molecule has 0 unspecified atom stereocenters. The van der Waals surface area contributed by atoms with Crippen LogP contribution >= 0.6 is 0 Å². The summed E-state index contributed by atoms with van der Waals surface area (Å²) in [6, 6.07) is 18.1. The SMILES string of the molecule is Cc1cc2c(cc1-c1ccc3ccccc3[n+]1C)CC1CC2C1. The fraction of sp³-hybridized carbons (Fsp3) is 0.318. The van der Waals surface area contributed by atoms with Crippen LogP contribution in [-0.4, -0.2) is 0 Å². The van der Waals surface area contributed by atoms with E-state index in [0.29, 0.717) is 0 Å². The molecule has 3 aromatic rings. The monoisotopic (exact) mass is 300 g/mol. The van der Waals surface area contributed by atoms with Gasteiger partial charge in [0.1, 0.15) is 7.05 Å². The normalized spacial score (nSPS) is 21.8. The molecule has 114 valence electrons. The van der Waals surface area contributed by atoms with Crippen molar-refractivity contribution in [1.29, 1.82) is 0 Å². The van der Waals surface area contributed by atoms with Gasteiger partial charge in [-0.1, -0.05) is 18.2 Å². The molecule has 0 spiro atoms. The second-order valence-corrected chi connectivity index (χ2v) is 7.44. The van der Waals surface area contributed by atoms with Gasteiger partial charge < -0.3 is 0 Å². The molecule has 2 bridgehead atoms. The number of hydrogen-bond donors (Lipinski definition) is 0. The van der Waals surface area contributed by atoms with Gasteiger partial charge in [0.05, 0.1) is 0 Å². The summed E-state index contributed by atoms with van der Waals surface area (Å²) in [5, 5.41) is 1.30. The minimum absolute atomic E-state index is 0.849. The van der Waals surface area contributed by atoms with Crippen molar-refractivity contribution < 1.29 is 4.57 Å². The van der Waals surface area contributed by atoms with Crippen LogP contribution in [0.25, 0.3) is 22.2 Å². The van der Waals surface area contributed by atoms with Gasteiger partial charge in [-0.05, 0) is 72.9 Å². The standard InChI is InChI=1S/C22H22N/c1-14-9-20-17-10-15(11-17)12-18(20)13-19(14)22-8-7-16-5-3-4-6-21(16)23(22)2/h3-9,13,15,17H,10-12H2,1-2H3/q+1. The van der Waals surface area contributed by atoms with Crippen LogP contribution in [0, 0.1) is 12.8 Å². The number of rotatable bonds is 1. The third-order valence-electron chi connectivity index (χ3n) is 6.03. The van der Waals surface area contributed by atoms with Crippen molar-refractivity contribution in [2.75, 3.05) is 0 Å². The van der Waals surface area contributed by atoms with Crippen LogP contribution in [0.3, 0.4) is 0 Å². The summed E-state index contributed by atoms with van der Waals surface area (Å²) < 4.78 is 2.34. The summed E-state index contributed by atoms with van der Waals surface area (Å²) in [6.45, 7) is 2.27. The second kappa shape index (κ2) is 4.67. The maximum absolute atomic E-state index is 2.48. The predicted molar refractivity (Wildman–Crippen MR) is 94.5 cm³/mol. The molecule has 0 aliphatic heterocycles. The van der Waals surface area contributed by atoms with Crippen LogP contribution in [0.4, 0.5) is 0 Å². The fourth-order valence-electron chi connectivity index (χ4n) is 4.69. The fourth-order valence-corrected chi connectivity index (χ4v) is 4.69. The van der Waals surface area contributed by atoms with E-state index >= 15 is 0 Å². The van der Waals surface area contributed by atoms with Gasteiger partial charge in [0, 0.05) is 23.1 Å². The third-order valence-corrected chi connectivity index (χ3v) is 6.03. The maximum atomic E-state index is 2.48. The zero-order chi connectivity index (χ0) is 15.6. The number of aryl methyl sites for hydroxylation is 2. The Morgan fingerprint density at radius 3 is 2.70 bits per heavy atom. The summed E-state index contributed by atoms with van der Waals surface area (Å²) in [7, 11) is 2.19. The third kappa shape index (κ3) is 1.89. The lowest BCUT2D eigenvalue weighted by atomic mass is 9.62. The molecule has 0 N–H and O–H groups in total. The number of hydrogen-bond acceptors (Lipinski definition) is 0. The van der Waals surface area contributed by atoms with Gasteiger partial charge in [0.2, 0.25) is 11.2 Å². The molecule has 1 nitrogen and oxygen atoms in total. The van der Waals surface area contributed by atoms with Gasteiger partial charge in [0.25, 0.3) is 0 Å². The lowest BCUT2D eigenvalue weighted by molar-refractivity contribution is -0.633. The Balaban J connectivity index is 1.72. The zero-order valence-electron chi connectivity index (χ0n) is 13.8. The topological polar surface area (TPSA) is 3.88 Å². The number of nitrogens with zero attached hydrogens (tertiary/aromatic N) is 1. The number of para-hydroxylation sites is 1. The Labute approximate surface area is 137 Å². The maximum Gasteiger partial charge on any atom is 0.213 e. The van der Waals surface area contributed by atoms with Crippen LogP contribution < -0.4 is 4.57 Å². The van der Waals surface area contributed by atoms with Crippen molar-refractivity contribution in [2.24, 2.45) is 13.0 Å². The Morgan fingerprint density at radius 1 is 1.00 bits per heavy atom. The number of aromatic nitrogens is 1. The summed E-state index contributed by atoms with van der Waals surface area (Å²) >= 11 is 0. The smallest absolute Gasteiger partial charge is 0.194 e. The van der Waals surface area contributed by atoms with E-state index in [1.54, 1.807) is 11.1 Å². The largest absolute Gasteiger partial charge is 0.213 e. The van der Waals surface area contributed by atoms with E-state index in [4.69, 9.17) is 0 Å². The van der Waals surface area contributed by atoms with Crippen LogP contribution in [0.2, 0.25) is 0 Å². The first-order valence-corrected chi connectivity index (χ1v) is 8.72. The van der Waals surface area contributed by atoms with Gasteiger partial charge in [0.15, 0.2) is 0 Å². The van der Waals surface area contributed by atoms with Gasteiger partial charge in [-0.3, -0.25) is 0 Å². The van der Waals surface area contributed by atoms with E-state index in [1.807, 2.05) is 0 Å². The molecule has 1 fully saturated rings. The highest BCUT2D eigenvalue weighted by Gasteiger charge is 2.37. The van der Waals surface area contributed by atoms with Crippen LogP contribution in [-0.2, 0) is 13.5 Å². The average molecular weight is 300 g/mol. The summed E-state index contributed by atoms with van der Waals surface area (Å²) in [4.78, 5) is 0. The Hall–Kier alpha value is -2.15. The van der Waals surface area contributed by atoms with Crippen molar-refractivity contribution >= 4 is 10.9 Å². The van der Waals surface area contributed by atoms with Crippen molar-refractivity contribution in [3.63, 3.8) is 0 Å². The van der Waals surface area contributed by atoms with Gasteiger partial charge >= 0.3 is 0 Å². The van der Waals surface area contributed by atoms with E-state index in [-0.39, 0.29) is 0 Å². The van der Waals surface area contributed by atoms with Gasteiger partial charge in [-0.25, -0.2) is 0 Å². The average Bonchev–Trinajstić information content (AvgIpc) is 2.54. The first kappa shape index (κ1) is 13.3. The van der Waals surface area contributed by atoms with Crippen LogP contribution in [0.15, 0.2) is 48.5 Å². The first-order chi connectivity index (χ1) is 11.2. The lowest BCUT2D eigenvalue weighted by Crippen LogP contribution is -2.33. The Bertz CT molecular complexity index is 932. The van der Waals surface area contributed by atoms with Gasteiger partial charge in [-0.15, -0.1) is 0 Å². The van der Waals surface area contributed by atoms with E-state index in [0.717, 1.165) is 11.8 Å². The highest BCUT2D eigenvalue weighted by atomic mass is 14.9. The molecular formula is C22H22N+. The second-order valence-electron chi connectivity index (χ2n) is 7.44. The predicted octanol–water partition coefficient (Wildman–Crippen LogP) is 4.69. The van der Waals surface area contributed by atoms with Crippen molar-refractivity contribution in [2.45, 2.75) is 32.1 Å². The van der Waals surface area contributed by atoms with E-state index in [2.05, 4.69) is 67.1 Å². The summed E-state index contributed by atoms with van der Waals surface area (Å²) in [6.07, 6.45) is 4.14. The van der Waals surface area contributed by atoms with Crippen LogP contribution in [0.5, 0.6) is 0 Å². The molecule has 0 radical (unpaired) electrons. The minimum atomic E-state index is 0.849. The molecule has 1 aromatic heterocycles. The van der Waals surface area contributed by atoms with Crippen LogP contribution in [0.1, 0.15) is 35.4 Å². The highest BCUT2D eigenvalue weighted by molar-refractivity contribution is 5.78. The Morgan fingerprint density at radius 2 is 1.83 bits per heavy atom. The molecule has 3 aliphatic carbocycles. The molecule has 0 saturated heterocycles. The molecular weight excluding hydrogens is 278 g/mol. The quantitative estimate of drug-likeness (QED) is 0.574. The molecule has 1 saturated carbocycles.